The SMILES string of the molecule is Cc1ccc(C/C(=N\[n+]2ccccn2)c2ccc(C)cc2)cc1. The first-order valence-corrected chi connectivity index (χ1v) is 7.74. The number of hydrogen-bond donors (Lipinski definition) is 0. The van der Waals surface area contributed by atoms with Crippen LogP contribution in [0.4, 0.5) is 0 Å². The number of aromatic nitrogens is 2. The normalized spacial score (nSPS) is 11.5. The molecule has 23 heavy (non-hydrogen) atoms. The molecule has 114 valence electrons. The van der Waals surface area contributed by atoms with E-state index in [4.69, 9.17) is 5.10 Å². The monoisotopic (exact) mass is 302 g/mol. The molecule has 0 radical (unpaired) electrons. The first-order chi connectivity index (χ1) is 11.2. The molecule has 0 unspecified atom stereocenters. The summed E-state index contributed by atoms with van der Waals surface area (Å²) in [5.74, 6) is 0. The number of aryl methyl sites for hydroxylation is 2. The average molecular weight is 302 g/mol. The zero-order valence-electron chi connectivity index (χ0n) is 13.5. The maximum absolute atomic E-state index is 4.70. The smallest absolute Gasteiger partial charge is 0.0590 e. The number of hydrogen-bond acceptors (Lipinski definition) is 2. The molecule has 0 aliphatic carbocycles. The van der Waals surface area contributed by atoms with Gasteiger partial charge >= 0.3 is 0 Å². The summed E-state index contributed by atoms with van der Waals surface area (Å²) in [6.07, 6.45) is 4.36. The highest BCUT2D eigenvalue weighted by atomic mass is 15.5. The van der Waals surface area contributed by atoms with Crippen LogP contribution in [0.5, 0.6) is 0 Å². The lowest BCUT2D eigenvalue weighted by Crippen LogP contribution is -2.33. The molecule has 3 rings (SSSR count). The molecule has 0 bridgehead atoms. The van der Waals surface area contributed by atoms with E-state index in [9.17, 15) is 0 Å². The average Bonchev–Trinajstić information content (AvgIpc) is 2.58. The first kappa shape index (κ1) is 15.1. The van der Waals surface area contributed by atoms with Crippen LogP contribution in [0.2, 0.25) is 0 Å². The molecule has 0 saturated heterocycles. The summed E-state index contributed by atoms with van der Waals surface area (Å²) in [5, 5.41) is 8.94. The molecule has 2 aromatic carbocycles. The van der Waals surface area contributed by atoms with Gasteiger partial charge in [-0.25, -0.2) is 0 Å². The molecule has 1 aromatic heterocycles. The fourth-order valence-electron chi connectivity index (χ4n) is 2.34. The van der Waals surface area contributed by atoms with Crippen molar-refractivity contribution in [3.8, 4) is 0 Å². The lowest BCUT2D eigenvalue weighted by Gasteiger charge is -2.05. The van der Waals surface area contributed by atoms with E-state index in [1.54, 1.807) is 11.0 Å². The largest absolute Gasteiger partial charge is 0.233 e. The maximum Gasteiger partial charge on any atom is 0.233 e. The topological polar surface area (TPSA) is 29.1 Å². The minimum Gasteiger partial charge on any atom is -0.0590 e. The Bertz CT molecular complexity index is 789. The van der Waals surface area contributed by atoms with Crippen molar-refractivity contribution in [3.63, 3.8) is 0 Å². The first-order valence-electron chi connectivity index (χ1n) is 7.74. The third-order valence-electron chi connectivity index (χ3n) is 3.70. The van der Waals surface area contributed by atoms with Gasteiger partial charge in [0.15, 0.2) is 0 Å². The van der Waals surface area contributed by atoms with Gasteiger partial charge in [0.25, 0.3) is 0 Å². The third-order valence-corrected chi connectivity index (χ3v) is 3.70. The number of nitrogens with zero attached hydrogens (tertiary/aromatic N) is 3. The number of benzene rings is 2. The van der Waals surface area contributed by atoms with Crippen LogP contribution < -0.4 is 4.79 Å². The second-order valence-electron chi connectivity index (χ2n) is 5.69. The Balaban J connectivity index is 1.97. The maximum atomic E-state index is 4.70. The van der Waals surface area contributed by atoms with Crippen molar-refractivity contribution in [2.75, 3.05) is 0 Å². The molecular formula is C20H20N3+. The van der Waals surface area contributed by atoms with Crippen LogP contribution in [-0.2, 0) is 6.42 Å². The Hall–Kier alpha value is -2.81. The lowest BCUT2D eigenvalue weighted by atomic mass is 10.0. The van der Waals surface area contributed by atoms with Gasteiger partial charge in [-0.3, -0.25) is 0 Å². The molecule has 3 aromatic rings. The highest BCUT2D eigenvalue weighted by molar-refractivity contribution is 6.01. The van der Waals surface area contributed by atoms with Crippen LogP contribution in [0.15, 0.2) is 78.2 Å². The molecule has 3 nitrogen and oxygen atoms in total. The van der Waals surface area contributed by atoms with E-state index in [1.807, 2.05) is 18.3 Å². The van der Waals surface area contributed by atoms with Gasteiger partial charge in [-0.1, -0.05) is 59.7 Å². The summed E-state index contributed by atoms with van der Waals surface area (Å²) < 4.78 is 0. The van der Waals surface area contributed by atoms with Crippen LogP contribution in [0.1, 0.15) is 22.3 Å². The standard InChI is InChI=1S/C20H20N3/c1-16-5-9-18(10-6-16)15-20(19-11-7-17(2)8-12-19)22-23-14-4-3-13-21-23/h3-14H,15H2,1-2H3/q+1/b22-20+. The predicted octanol–water partition coefficient (Wildman–Crippen LogP) is 3.48. The van der Waals surface area contributed by atoms with Gasteiger partial charge in [0.05, 0.1) is 11.0 Å². The molecule has 0 amide bonds. The van der Waals surface area contributed by atoms with Crippen molar-refractivity contribution in [1.29, 1.82) is 0 Å². The van der Waals surface area contributed by atoms with Crippen LogP contribution in [0.25, 0.3) is 0 Å². The van der Waals surface area contributed by atoms with E-state index in [1.165, 1.54) is 16.7 Å². The molecule has 0 N–H and O–H groups in total. The quantitative estimate of drug-likeness (QED) is 0.536. The Morgan fingerprint density at radius 2 is 1.57 bits per heavy atom. The highest BCUT2D eigenvalue weighted by Crippen LogP contribution is 2.11. The van der Waals surface area contributed by atoms with Crippen LogP contribution in [0, 0.1) is 13.8 Å². The minimum absolute atomic E-state index is 0.771. The van der Waals surface area contributed by atoms with Gasteiger partial charge in [0.2, 0.25) is 6.20 Å². The number of rotatable bonds is 4. The van der Waals surface area contributed by atoms with Crippen molar-refractivity contribution >= 4 is 5.71 Å². The fourth-order valence-corrected chi connectivity index (χ4v) is 2.34. The van der Waals surface area contributed by atoms with Crippen LogP contribution in [-0.4, -0.2) is 10.8 Å². The van der Waals surface area contributed by atoms with Gasteiger partial charge in [-0.15, -0.1) is 0 Å². The van der Waals surface area contributed by atoms with Crippen molar-refractivity contribution < 1.29 is 4.79 Å². The van der Waals surface area contributed by atoms with E-state index in [0.29, 0.717) is 0 Å². The summed E-state index contributed by atoms with van der Waals surface area (Å²) in [4.78, 5) is 1.61. The molecule has 0 saturated carbocycles. The van der Waals surface area contributed by atoms with E-state index >= 15 is 0 Å². The van der Waals surface area contributed by atoms with Crippen molar-refractivity contribution in [2.24, 2.45) is 5.10 Å². The van der Waals surface area contributed by atoms with Crippen molar-refractivity contribution in [3.05, 3.63) is 95.3 Å². The second kappa shape index (κ2) is 6.97. The van der Waals surface area contributed by atoms with Gasteiger partial charge in [-0.05, 0) is 25.5 Å². The van der Waals surface area contributed by atoms with Gasteiger partial charge in [0, 0.05) is 28.3 Å². The zero-order valence-corrected chi connectivity index (χ0v) is 13.5. The van der Waals surface area contributed by atoms with Crippen LogP contribution >= 0.6 is 0 Å². The molecule has 0 aliphatic heterocycles. The molecule has 0 aliphatic rings. The molecule has 0 fully saturated rings. The van der Waals surface area contributed by atoms with Gasteiger partial charge in [0.1, 0.15) is 5.71 Å². The Morgan fingerprint density at radius 3 is 2.17 bits per heavy atom. The van der Waals surface area contributed by atoms with E-state index in [-0.39, 0.29) is 0 Å². The summed E-state index contributed by atoms with van der Waals surface area (Å²) in [5.41, 5.74) is 5.87. The third kappa shape index (κ3) is 4.10. The molecule has 1 heterocycles. The Labute approximate surface area is 136 Å². The van der Waals surface area contributed by atoms with Gasteiger partial charge in [-0.2, -0.15) is 0 Å². The summed E-state index contributed by atoms with van der Waals surface area (Å²) >= 11 is 0. The van der Waals surface area contributed by atoms with E-state index < -0.39 is 0 Å². The zero-order chi connectivity index (χ0) is 16.1. The fraction of sp³-hybridized carbons (Fsp3) is 0.150. The van der Waals surface area contributed by atoms with Crippen LogP contribution in [0.3, 0.4) is 0 Å². The molecule has 0 spiro atoms. The summed E-state index contributed by atoms with van der Waals surface area (Å²) in [6, 6.07) is 20.9. The minimum atomic E-state index is 0.771. The van der Waals surface area contributed by atoms with E-state index in [0.717, 1.165) is 17.7 Å². The second-order valence-corrected chi connectivity index (χ2v) is 5.69. The predicted molar refractivity (Wildman–Crippen MR) is 92.4 cm³/mol. The molecular weight excluding hydrogens is 282 g/mol. The molecule has 0 atom stereocenters. The van der Waals surface area contributed by atoms with E-state index in [2.05, 4.69) is 67.5 Å². The Kier molecular flexibility index (Phi) is 4.57. The van der Waals surface area contributed by atoms with Crippen molar-refractivity contribution in [1.82, 2.24) is 5.10 Å². The van der Waals surface area contributed by atoms with Gasteiger partial charge < -0.3 is 0 Å². The van der Waals surface area contributed by atoms with Crippen molar-refractivity contribution in [2.45, 2.75) is 20.3 Å². The molecule has 3 heteroatoms. The summed E-state index contributed by atoms with van der Waals surface area (Å²) in [7, 11) is 0. The lowest BCUT2D eigenvalue weighted by molar-refractivity contribution is -0.737. The Morgan fingerprint density at radius 1 is 0.913 bits per heavy atom. The highest BCUT2D eigenvalue weighted by Gasteiger charge is 2.10. The summed E-state index contributed by atoms with van der Waals surface area (Å²) in [6.45, 7) is 4.19.